The Balaban J connectivity index is 0.00000208. The number of nitrogens with zero attached hydrogens (tertiary/aromatic N) is 2. The first-order chi connectivity index (χ1) is 11.2. The average Bonchev–Trinajstić information content (AvgIpc) is 3.23. The third kappa shape index (κ3) is 4.37. The molecule has 1 aromatic heterocycles. The second-order valence-corrected chi connectivity index (χ2v) is 6.67. The molecule has 0 aliphatic carbocycles. The summed E-state index contributed by atoms with van der Waals surface area (Å²) >= 11 is 1.59. The fraction of sp³-hybridized carbons (Fsp3) is 0.375. The molecule has 130 valence electrons. The number of carboxylic acid groups (broad SMARTS) is 1. The summed E-state index contributed by atoms with van der Waals surface area (Å²) in [5.41, 5.74) is 6.64. The molecule has 24 heavy (non-hydrogen) atoms. The Morgan fingerprint density at radius 1 is 1.42 bits per heavy atom. The second kappa shape index (κ2) is 8.32. The number of hydrogen-bond donors (Lipinski definition) is 2. The lowest BCUT2D eigenvalue weighted by Crippen LogP contribution is -2.27. The van der Waals surface area contributed by atoms with Gasteiger partial charge in [0.25, 0.3) is 0 Å². The van der Waals surface area contributed by atoms with Gasteiger partial charge in [-0.05, 0) is 30.7 Å². The molecule has 1 aliphatic heterocycles. The van der Waals surface area contributed by atoms with E-state index in [0.29, 0.717) is 26.2 Å². The van der Waals surface area contributed by atoms with E-state index < -0.39 is 6.09 Å². The van der Waals surface area contributed by atoms with Gasteiger partial charge in [0.1, 0.15) is 10.8 Å². The van der Waals surface area contributed by atoms with Crippen molar-refractivity contribution in [1.82, 2.24) is 9.88 Å². The van der Waals surface area contributed by atoms with Crippen molar-refractivity contribution in [3.8, 4) is 16.3 Å². The lowest BCUT2D eigenvalue weighted by molar-refractivity contribution is 0.151. The van der Waals surface area contributed by atoms with Gasteiger partial charge in [-0.25, -0.2) is 9.78 Å². The van der Waals surface area contributed by atoms with Crippen molar-refractivity contribution >= 4 is 29.8 Å². The molecule has 3 N–H and O–H groups in total. The van der Waals surface area contributed by atoms with Crippen molar-refractivity contribution in [2.75, 3.05) is 19.7 Å². The van der Waals surface area contributed by atoms with Crippen molar-refractivity contribution in [3.63, 3.8) is 0 Å². The zero-order valence-electron chi connectivity index (χ0n) is 13.1. The lowest BCUT2D eigenvalue weighted by Gasteiger charge is -2.13. The number of amides is 1. The Kier molecular flexibility index (Phi) is 6.42. The molecule has 0 bridgehead atoms. The fourth-order valence-electron chi connectivity index (χ4n) is 2.59. The smallest absolute Gasteiger partial charge is 0.407 e. The van der Waals surface area contributed by atoms with Gasteiger partial charge in [-0.1, -0.05) is 0 Å². The largest absolute Gasteiger partial charge is 0.493 e. The summed E-state index contributed by atoms with van der Waals surface area (Å²) in [6.07, 6.45) is 1.81. The maximum atomic E-state index is 10.9. The standard InChI is InChI=1S/C16H19N3O3S.ClH/c17-7-14-8-18-15(23-14)12-1-3-13(4-2-12)22-10-11-5-6-19(9-11)16(20)21;/h1-4,8,11H,5-7,9-10,17H2,(H,20,21);1H. The first-order valence-electron chi connectivity index (χ1n) is 7.51. The van der Waals surface area contributed by atoms with Crippen LogP contribution in [0.25, 0.3) is 10.6 Å². The topological polar surface area (TPSA) is 88.7 Å². The molecule has 1 aliphatic rings. The lowest BCUT2D eigenvalue weighted by atomic mass is 10.1. The third-order valence-electron chi connectivity index (χ3n) is 3.90. The van der Waals surface area contributed by atoms with Gasteiger partial charge < -0.3 is 20.5 Å². The molecule has 1 atom stereocenters. The van der Waals surface area contributed by atoms with Gasteiger partial charge in [-0.2, -0.15) is 0 Å². The molecule has 1 amide bonds. The number of benzene rings is 1. The number of carbonyl (C=O) groups is 1. The number of ether oxygens (including phenoxy) is 1. The van der Waals surface area contributed by atoms with E-state index in [4.69, 9.17) is 15.6 Å². The molecule has 0 spiro atoms. The Labute approximate surface area is 150 Å². The van der Waals surface area contributed by atoms with Crippen molar-refractivity contribution in [2.24, 2.45) is 11.7 Å². The molecular weight excluding hydrogens is 350 g/mol. The van der Waals surface area contributed by atoms with Crippen LogP contribution in [0.4, 0.5) is 4.79 Å². The zero-order chi connectivity index (χ0) is 16.2. The Hall–Kier alpha value is -1.83. The molecule has 2 heterocycles. The zero-order valence-corrected chi connectivity index (χ0v) is 14.7. The Morgan fingerprint density at radius 2 is 2.17 bits per heavy atom. The molecule has 3 rings (SSSR count). The fourth-order valence-corrected chi connectivity index (χ4v) is 3.38. The van der Waals surface area contributed by atoms with E-state index in [2.05, 4.69) is 4.98 Å². The van der Waals surface area contributed by atoms with Crippen LogP contribution < -0.4 is 10.5 Å². The number of nitrogens with two attached hydrogens (primary N) is 1. The number of likely N-dealkylation sites (tertiary alicyclic amines) is 1. The van der Waals surface area contributed by atoms with E-state index in [1.165, 1.54) is 4.90 Å². The molecule has 2 aromatic rings. The minimum absolute atomic E-state index is 0. The monoisotopic (exact) mass is 369 g/mol. The van der Waals surface area contributed by atoms with E-state index in [9.17, 15) is 4.79 Å². The molecular formula is C16H20ClN3O3S. The first-order valence-corrected chi connectivity index (χ1v) is 8.33. The number of thiazole rings is 1. The summed E-state index contributed by atoms with van der Waals surface area (Å²) in [6, 6.07) is 7.80. The molecule has 1 aromatic carbocycles. The summed E-state index contributed by atoms with van der Waals surface area (Å²) in [6.45, 7) is 2.19. The number of aromatic nitrogens is 1. The van der Waals surface area contributed by atoms with Gasteiger partial charge in [-0.15, -0.1) is 23.7 Å². The van der Waals surface area contributed by atoms with E-state index in [1.807, 2.05) is 24.3 Å². The van der Waals surface area contributed by atoms with Crippen LogP contribution >= 0.6 is 23.7 Å². The number of rotatable bonds is 5. The molecule has 1 unspecified atom stereocenters. The predicted molar refractivity (Wildman–Crippen MR) is 95.9 cm³/mol. The van der Waals surface area contributed by atoms with Gasteiger partial charge in [0.2, 0.25) is 0 Å². The summed E-state index contributed by atoms with van der Waals surface area (Å²) < 4.78 is 5.78. The predicted octanol–water partition coefficient (Wildman–Crippen LogP) is 3.07. The molecule has 6 nitrogen and oxygen atoms in total. The van der Waals surface area contributed by atoms with E-state index in [-0.39, 0.29) is 18.3 Å². The minimum Gasteiger partial charge on any atom is -0.493 e. The van der Waals surface area contributed by atoms with Crippen LogP contribution in [-0.4, -0.2) is 40.8 Å². The van der Waals surface area contributed by atoms with Gasteiger partial charge in [0, 0.05) is 42.2 Å². The molecule has 0 saturated carbocycles. The van der Waals surface area contributed by atoms with Crippen LogP contribution in [0.5, 0.6) is 5.75 Å². The highest BCUT2D eigenvalue weighted by atomic mass is 35.5. The van der Waals surface area contributed by atoms with Gasteiger partial charge in [0.05, 0.1) is 6.61 Å². The quantitative estimate of drug-likeness (QED) is 0.845. The van der Waals surface area contributed by atoms with Crippen LogP contribution in [0.1, 0.15) is 11.3 Å². The molecule has 1 saturated heterocycles. The summed E-state index contributed by atoms with van der Waals surface area (Å²) in [4.78, 5) is 17.7. The average molecular weight is 370 g/mol. The van der Waals surface area contributed by atoms with Crippen LogP contribution in [-0.2, 0) is 6.54 Å². The highest BCUT2D eigenvalue weighted by molar-refractivity contribution is 7.15. The first kappa shape index (κ1) is 18.5. The number of halogens is 1. The third-order valence-corrected chi connectivity index (χ3v) is 4.97. The molecule has 8 heteroatoms. The van der Waals surface area contributed by atoms with E-state index >= 15 is 0 Å². The number of hydrogen-bond acceptors (Lipinski definition) is 5. The van der Waals surface area contributed by atoms with Crippen LogP contribution in [0, 0.1) is 5.92 Å². The van der Waals surface area contributed by atoms with Crippen LogP contribution in [0.3, 0.4) is 0 Å². The van der Waals surface area contributed by atoms with Crippen LogP contribution in [0.2, 0.25) is 0 Å². The molecule has 1 fully saturated rings. The highest BCUT2D eigenvalue weighted by Crippen LogP contribution is 2.27. The SMILES string of the molecule is Cl.NCc1cnc(-c2ccc(OCC3CCN(C(=O)O)C3)cc2)s1. The maximum Gasteiger partial charge on any atom is 0.407 e. The maximum absolute atomic E-state index is 10.9. The van der Waals surface area contributed by atoms with Crippen molar-refractivity contribution in [1.29, 1.82) is 0 Å². The van der Waals surface area contributed by atoms with Crippen LogP contribution in [0.15, 0.2) is 30.5 Å². The summed E-state index contributed by atoms with van der Waals surface area (Å²) in [7, 11) is 0. The second-order valence-electron chi connectivity index (χ2n) is 5.55. The van der Waals surface area contributed by atoms with Crippen molar-refractivity contribution in [2.45, 2.75) is 13.0 Å². The highest BCUT2D eigenvalue weighted by Gasteiger charge is 2.26. The van der Waals surface area contributed by atoms with Gasteiger partial charge in [0.15, 0.2) is 0 Å². The van der Waals surface area contributed by atoms with E-state index in [0.717, 1.165) is 27.6 Å². The van der Waals surface area contributed by atoms with E-state index in [1.54, 1.807) is 17.5 Å². The van der Waals surface area contributed by atoms with Crippen molar-refractivity contribution < 1.29 is 14.6 Å². The Morgan fingerprint density at radius 3 is 2.75 bits per heavy atom. The Bertz CT molecular complexity index is 677. The normalized spacial score (nSPS) is 16.7. The van der Waals surface area contributed by atoms with Crippen molar-refractivity contribution in [3.05, 3.63) is 35.3 Å². The minimum atomic E-state index is -0.850. The van der Waals surface area contributed by atoms with Gasteiger partial charge in [-0.3, -0.25) is 0 Å². The summed E-state index contributed by atoms with van der Waals surface area (Å²) in [5, 5.41) is 9.90. The van der Waals surface area contributed by atoms with Gasteiger partial charge >= 0.3 is 6.09 Å². The molecule has 0 radical (unpaired) electrons. The summed E-state index contributed by atoms with van der Waals surface area (Å²) in [5.74, 6) is 1.05.